The minimum atomic E-state index is -1.20. The van der Waals surface area contributed by atoms with Crippen molar-refractivity contribution in [3.8, 4) is 0 Å². The highest BCUT2D eigenvalue weighted by atomic mass is 16.8. The zero-order valence-corrected chi connectivity index (χ0v) is 9.08. The summed E-state index contributed by atoms with van der Waals surface area (Å²) in [5.74, 6) is -2.84. The Bertz CT molecular complexity index is 583. The van der Waals surface area contributed by atoms with Crippen molar-refractivity contribution in [3.05, 3.63) is 34.9 Å². The van der Waals surface area contributed by atoms with E-state index in [2.05, 4.69) is 4.84 Å². The van der Waals surface area contributed by atoms with Gasteiger partial charge in [0.15, 0.2) is 0 Å². The van der Waals surface area contributed by atoms with E-state index in [1.165, 1.54) is 0 Å². The Balaban J connectivity index is 2.07. The van der Waals surface area contributed by atoms with Crippen molar-refractivity contribution in [2.75, 3.05) is 0 Å². The first-order valence-electron chi connectivity index (χ1n) is 5.21. The van der Waals surface area contributed by atoms with Crippen LogP contribution in [0.3, 0.4) is 0 Å². The Morgan fingerprint density at radius 1 is 1.22 bits per heavy atom. The number of hydrogen-bond acceptors (Lipinski definition) is 6. The van der Waals surface area contributed by atoms with Crippen LogP contribution in [0, 0.1) is 0 Å². The lowest BCUT2D eigenvalue weighted by Gasteiger charge is -2.26. The van der Waals surface area contributed by atoms with Crippen molar-refractivity contribution in [2.45, 2.75) is 12.8 Å². The fourth-order valence-corrected chi connectivity index (χ4v) is 1.96. The summed E-state index contributed by atoms with van der Waals surface area (Å²) in [6, 6.07) is 4.95. The molecular formula is C11H8N2O5. The largest absolute Gasteiger partial charge is 0.441 e. The molecule has 2 heterocycles. The lowest BCUT2D eigenvalue weighted by Crippen LogP contribution is -2.42. The summed E-state index contributed by atoms with van der Waals surface area (Å²) in [5, 5.41) is 0.759. The number of fused-ring (bicyclic) bond motifs is 3. The van der Waals surface area contributed by atoms with Crippen molar-refractivity contribution >= 4 is 17.8 Å². The standard InChI is InChI=1S/C11H8N2O5/c12-4-5-1-2-6-7(3-5)8(14)13-9(6)17-10(15)11(16)18-13/h1-3,9H,4,12H2. The Hall–Kier alpha value is -2.41. The van der Waals surface area contributed by atoms with E-state index in [0.717, 1.165) is 10.6 Å². The predicted molar refractivity (Wildman–Crippen MR) is 55.4 cm³/mol. The lowest BCUT2D eigenvalue weighted by atomic mass is 10.1. The quantitative estimate of drug-likeness (QED) is 0.537. The number of ether oxygens (including phenoxy) is 1. The van der Waals surface area contributed by atoms with E-state index >= 15 is 0 Å². The van der Waals surface area contributed by atoms with Gasteiger partial charge in [-0.25, -0.2) is 9.59 Å². The molecule has 7 heteroatoms. The number of carbonyl (C=O) groups excluding carboxylic acids is 3. The van der Waals surface area contributed by atoms with Gasteiger partial charge >= 0.3 is 11.9 Å². The van der Waals surface area contributed by atoms with Gasteiger partial charge in [-0.1, -0.05) is 12.1 Å². The zero-order valence-electron chi connectivity index (χ0n) is 9.08. The number of nitrogens with zero attached hydrogens (tertiary/aromatic N) is 1. The van der Waals surface area contributed by atoms with E-state index in [9.17, 15) is 14.4 Å². The van der Waals surface area contributed by atoms with Crippen LogP contribution in [0.2, 0.25) is 0 Å². The smallest absolute Gasteiger partial charge is 0.425 e. The number of amides is 1. The molecule has 0 bridgehead atoms. The average molecular weight is 248 g/mol. The summed E-state index contributed by atoms with van der Waals surface area (Å²) < 4.78 is 4.85. The third-order valence-electron chi connectivity index (χ3n) is 2.83. The first-order chi connectivity index (χ1) is 8.61. The summed E-state index contributed by atoms with van der Waals surface area (Å²) in [7, 11) is 0. The maximum absolute atomic E-state index is 12.0. The van der Waals surface area contributed by atoms with Crippen LogP contribution in [0.4, 0.5) is 0 Å². The van der Waals surface area contributed by atoms with Crippen molar-refractivity contribution in [1.29, 1.82) is 0 Å². The molecule has 3 rings (SSSR count). The zero-order chi connectivity index (χ0) is 12.9. The van der Waals surface area contributed by atoms with Crippen molar-refractivity contribution < 1.29 is 24.0 Å². The second kappa shape index (κ2) is 3.54. The number of hydroxylamine groups is 2. The van der Waals surface area contributed by atoms with Gasteiger partial charge in [-0.05, 0) is 11.6 Å². The topological polar surface area (TPSA) is 98.9 Å². The van der Waals surface area contributed by atoms with Crippen molar-refractivity contribution in [3.63, 3.8) is 0 Å². The molecule has 1 fully saturated rings. The minimum Gasteiger partial charge on any atom is -0.425 e. The molecule has 2 aliphatic heterocycles. The van der Waals surface area contributed by atoms with Crippen LogP contribution in [-0.4, -0.2) is 22.9 Å². The maximum Gasteiger partial charge on any atom is 0.441 e. The summed E-state index contributed by atoms with van der Waals surface area (Å²) in [5.41, 5.74) is 7.06. The Labute approximate surface area is 101 Å². The van der Waals surface area contributed by atoms with E-state index in [-0.39, 0.29) is 6.54 Å². The van der Waals surface area contributed by atoms with E-state index in [4.69, 9.17) is 10.5 Å². The van der Waals surface area contributed by atoms with Crippen molar-refractivity contribution in [2.24, 2.45) is 5.73 Å². The molecule has 2 N–H and O–H groups in total. The van der Waals surface area contributed by atoms with Gasteiger partial charge in [0, 0.05) is 12.1 Å². The van der Waals surface area contributed by atoms with Gasteiger partial charge in [0.1, 0.15) is 0 Å². The first kappa shape index (κ1) is 10.7. The second-order valence-corrected chi connectivity index (χ2v) is 3.89. The molecule has 0 aromatic heterocycles. The van der Waals surface area contributed by atoms with Gasteiger partial charge in [-0.3, -0.25) is 4.79 Å². The third-order valence-corrected chi connectivity index (χ3v) is 2.83. The number of esters is 1. The highest BCUT2D eigenvalue weighted by Gasteiger charge is 2.47. The van der Waals surface area contributed by atoms with Gasteiger partial charge in [0.05, 0.1) is 5.56 Å². The SMILES string of the molecule is NCc1ccc2c(c1)C(=O)N1OC(=O)C(=O)OC21. The fourth-order valence-electron chi connectivity index (χ4n) is 1.96. The highest BCUT2D eigenvalue weighted by molar-refractivity contribution is 6.30. The van der Waals surface area contributed by atoms with E-state index in [1.54, 1.807) is 18.2 Å². The number of rotatable bonds is 1. The van der Waals surface area contributed by atoms with Gasteiger partial charge in [-0.15, -0.1) is 5.06 Å². The van der Waals surface area contributed by atoms with Gasteiger partial charge < -0.3 is 15.3 Å². The summed E-state index contributed by atoms with van der Waals surface area (Å²) in [6.07, 6.45) is -0.996. The second-order valence-electron chi connectivity index (χ2n) is 3.89. The number of nitrogens with two attached hydrogens (primary N) is 1. The third kappa shape index (κ3) is 1.31. The number of benzene rings is 1. The van der Waals surface area contributed by atoms with Crippen LogP contribution >= 0.6 is 0 Å². The molecular weight excluding hydrogens is 240 g/mol. The fraction of sp³-hybridized carbons (Fsp3) is 0.182. The molecule has 2 aliphatic rings. The van der Waals surface area contributed by atoms with E-state index in [1.807, 2.05) is 0 Å². The highest BCUT2D eigenvalue weighted by Crippen LogP contribution is 2.37. The molecule has 0 radical (unpaired) electrons. The Morgan fingerprint density at radius 3 is 2.72 bits per heavy atom. The van der Waals surface area contributed by atoms with Gasteiger partial charge in [0.25, 0.3) is 5.91 Å². The molecule has 1 amide bonds. The van der Waals surface area contributed by atoms with Crippen LogP contribution < -0.4 is 5.73 Å². The van der Waals surface area contributed by atoms with Crippen LogP contribution in [0.15, 0.2) is 18.2 Å². The molecule has 1 aromatic carbocycles. The number of carbonyl (C=O) groups is 3. The van der Waals surface area contributed by atoms with Crippen LogP contribution in [0.1, 0.15) is 27.7 Å². The minimum absolute atomic E-state index is 0.283. The maximum atomic E-state index is 12.0. The van der Waals surface area contributed by atoms with E-state index < -0.39 is 24.1 Å². The predicted octanol–water partition coefficient (Wildman–Crippen LogP) is -0.385. The van der Waals surface area contributed by atoms with Crippen LogP contribution in [0.25, 0.3) is 0 Å². The molecule has 1 aromatic rings. The van der Waals surface area contributed by atoms with E-state index in [0.29, 0.717) is 11.1 Å². The normalized spacial score (nSPS) is 21.3. The summed E-state index contributed by atoms with van der Waals surface area (Å²) in [6.45, 7) is 0.283. The lowest BCUT2D eigenvalue weighted by molar-refractivity contribution is -0.244. The van der Waals surface area contributed by atoms with Crippen LogP contribution in [-0.2, 0) is 25.7 Å². The average Bonchev–Trinajstić information content (AvgIpc) is 2.64. The molecule has 1 unspecified atom stereocenters. The van der Waals surface area contributed by atoms with Gasteiger partial charge in [-0.2, -0.15) is 0 Å². The molecule has 0 saturated carbocycles. The molecule has 0 aliphatic carbocycles. The molecule has 1 saturated heterocycles. The van der Waals surface area contributed by atoms with Gasteiger partial charge in [0.2, 0.25) is 6.23 Å². The molecule has 18 heavy (non-hydrogen) atoms. The monoisotopic (exact) mass is 248 g/mol. The van der Waals surface area contributed by atoms with Crippen LogP contribution in [0.5, 0.6) is 0 Å². The molecule has 1 atom stereocenters. The summed E-state index contributed by atoms with van der Waals surface area (Å²) in [4.78, 5) is 38.8. The Morgan fingerprint density at radius 2 is 2.00 bits per heavy atom. The number of hydrogen-bond donors (Lipinski definition) is 1. The molecule has 92 valence electrons. The van der Waals surface area contributed by atoms with Crippen molar-refractivity contribution in [1.82, 2.24) is 5.06 Å². The summed E-state index contributed by atoms with van der Waals surface area (Å²) >= 11 is 0. The Kier molecular flexibility index (Phi) is 2.11. The molecule has 7 nitrogen and oxygen atoms in total. The first-order valence-corrected chi connectivity index (χ1v) is 5.21. The molecule has 0 spiro atoms.